The molecular weight excluding hydrogens is 497 g/mol. The number of Topliss-reactive ketones (excluding diaryl/α,β-unsaturated/α-hetero) is 2. The number of carbonyl (C=O) groups excluding carboxylic acids is 3. The van der Waals surface area contributed by atoms with Gasteiger partial charge in [-0.1, -0.05) is 12.1 Å². The molecule has 0 spiro atoms. The minimum atomic E-state index is -2.66. The number of nitrogens with zero attached hydrogens (tertiary/aromatic N) is 2. The summed E-state index contributed by atoms with van der Waals surface area (Å²) in [6.45, 7) is 1.35. The molecule has 0 unspecified atom stereocenters. The van der Waals surface area contributed by atoms with Crippen molar-refractivity contribution in [2.75, 3.05) is 27.2 Å². The molecule has 1 amide bonds. The standard InChI is InChI=1S/C27H32FN3O7/c1-30(2)20-16-10-14-9-12-3-4-13(11-31-7-5-15(28)6-8-31)21(32)17(12)22(33)18(14)24(35)27(16,38)25(36)19(23(20)34)26(29)37/h3-4,14-16,20,32,34-35,38H,5-11H2,1-2H3,(H2,29,37)/t14-,16-,20-,27-/m0/s1. The molecule has 0 bridgehead atoms. The fourth-order valence-corrected chi connectivity index (χ4v) is 6.70. The number of aliphatic hydroxyl groups is 3. The van der Waals surface area contributed by atoms with Crippen LogP contribution in [0.4, 0.5) is 4.39 Å². The van der Waals surface area contributed by atoms with Crippen molar-refractivity contribution in [2.24, 2.45) is 17.6 Å². The molecule has 0 aromatic heterocycles. The Balaban J connectivity index is 1.58. The minimum Gasteiger partial charge on any atom is -0.510 e. The van der Waals surface area contributed by atoms with Crippen LogP contribution in [0.5, 0.6) is 5.75 Å². The number of halogens is 1. The Morgan fingerprint density at radius 2 is 1.84 bits per heavy atom. The Bertz CT molecular complexity index is 1300. The lowest BCUT2D eigenvalue weighted by Crippen LogP contribution is -2.63. The van der Waals surface area contributed by atoms with E-state index in [9.17, 15) is 39.2 Å². The predicted octanol–water partition coefficient (Wildman–Crippen LogP) is 1.05. The van der Waals surface area contributed by atoms with Gasteiger partial charge in [0.05, 0.1) is 11.6 Å². The van der Waals surface area contributed by atoms with E-state index in [1.807, 2.05) is 4.90 Å². The van der Waals surface area contributed by atoms with Crippen molar-refractivity contribution in [3.8, 4) is 5.75 Å². The summed E-state index contributed by atoms with van der Waals surface area (Å²) >= 11 is 0. The Morgan fingerprint density at radius 1 is 1.18 bits per heavy atom. The first kappa shape index (κ1) is 26.3. The summed E-state index contributed by atoms with van der Waals surface area (Å²) in [7, 11) is 3.17. The first-order valence-electron chi connectivity index (χ1n) is 12.7. The van der Waals surface area contributed by atoms with Crippen LogP contribution in [-0.2, 0) is 22.6 Å². The molecule has 1 aliphatic heterocycles. The zero-order valence-corrected chi connectivity index (χ0v) is 21.3. The zero-order valence-electron chi connectivity index (χ0n) is 21.3. The van der Waals surface area contributed by atoms with Crippen LogP contribution in [0.2, 0.25) is 0 Å². The van der Waals surface area contributed by atoms with Gasteiger partial charge in [-0.2, -0.15) is 0 Å². The van der Waals surface area contributed by atoms with E-state index in [1.54, 1.807) is 26.2 Å². The maximum absolute atomic E-state index is 13.8. The van der Waals surface area contributed by atoms with Crippen molar-refractivity contribution in [1.82, 2.24) is 9.80 Å². The molecule has 4 atom stereocenters. The molecular formula is C27H32FN3O7. The summed E-state index contributed by atoms with van der Waals surface area (Å²) in [5.41, 5.74) is 2.70. The van der Waals surface area contributed by atoms with Crippen molar-refractivity contribution >= 4 is 17.5 Å². The van der Waals surface area contributed by atoms with Gasteiger partial charge in [-0.15, -0.1) is 0 Å². The second-order valence-electron chi connectivity index (χ2n) is 11.0. The number of rotatable bonds is 4. The highest BCUT2D eigenvalue weighted by molar-refractivity contribution is 6.24. The first-order valence-corrected chi connectivity index (χ1v) is 12.7. The molecule has 1 fully saturated rings. The molecule has 11 heteroatoms. The largest absolute Gasteiger partial charge is 0.510 e. The summed E-state index contributed by atoms with van der Waals surface area (Å²) in [6, 6.07) is 2.46. The van der Waals surface area contributed by atoms with E-state index in [0.29, 0.717) is 43.6 Å². The summed E-state index contributed by atoms with van der Waals surface area (Å²) in [4.78, 5) is 42.7. The number of ketones is 2. The normalized spacial score (nSPS) is 30.4. The number of phenolic OH excluding ortho intramolecular Hbond substituents is 1. The number of primary amides is 1. The highest BCUT2D eigenvalue weighted by atomic mass is 19.1. The quantitative estimate of drug-likeness (QED) is 0.359. The fraction of sp³-hybridized carbons (Fsp3) is 0.519. The number of amides is 1. The number of benzene rings is 1. The second kappa shape index (κ2) is 9.18. The summed E-state index contributed by atoms with van der Waals surface area (Å²) in [6.07, 6.45) is 0.236. The molecule has 0 radical (unpaired) electrons. The van der Waals surface area contributed by atoms with E-state index in [4.69, 9.17) is 5.73 Å². The van der Waals surface area contributed by atoms with Crippen LogP contribution < -0.4 is 5.73 Å². The number of allylic oxidation sites excluding steroid dienone is 1. The Labute approximate surface area is 218 Å². The molecule has 38 heavy (non-hydrogen) atoms. The molecule has 10 nitrogen and oxygen atoms in total. The predicted molar refractivity (Wildman–Crippen MR) is 133 cm³/mol. The lowest BCUT2D eigenvalue weighted by Gasteiger charge is -2.50. The minimum absolute atomic E-state index is 0.0105. The van der Waals surface area contributed by atoms with Crippen molar-refractivity contribution in [2.45, 2.75) is 50.0 Å². The van der Waals surface area contributed by atoms with Crippen LogP contribution in [-0.4, -0.2) is 92.7 Å². The number of likely N-dealkylation sites (tertiary alicyclic amines) is 1. The summed E-state index contributed by atoms with van der Waals surface area (Å²) < 4.78 is 13.5. The maximum atomic E-state index is 13.8. The highest BCUT2D eigenvalue weighted by Gasteiger charge is 2.63. The van der Waals surface area contributed by atoms with Crippen molar-refractivity contribution in [1.29, 1.82) is 0 Å². The van der Waals surface area contributed by atoms with Gasteiger partial charge in [-0.25, -0.2) is 4.39 Å². The van der Waals surface area contributed by atoms with E-state index in [1.165, 1.54) is 4.90 Å². The van der Waals surface area contributed by atoms with Gasteiger partial charge in [0.1, 0.15) is 29.0 Å². The molecule has 1 aromatic rings. The monoisotopic (exact) mass is 529 g/mol. The molecule has 6 N–H and O–H groups in total. The molecule has 1 aromatic carbocycles. The SMILES string of the molecule is CN(C)[C@@H]1C(O)=C(C(N)=O)C(=O)[C@@]2(O)C(O)=C3C(=O)c4c(ccc(CN5CCC(F)CC5)c4O)C[C@H]3C[C@@H]12. The highest BCUT2D eigenvalue weighted by Crippen LogP contribution is 2.52. The van der Waals surface area contributed by atoms with Gasteiger partial charge >= 0.3 is 0 Å². The lowest BCUT2D eigenvalue weighted by atomic mass is 9.58. The Kier molecular flexibility index (Phi) is 6.36. The Hall–Kier alpha value is -3.28. The molecule has 1 saturated heterocycles. The number of aromatic hydroxyl groups is 1. The third-order valence-corrected chi connectivity index (χ3v) is 8.59. The number of likely N-dealkylation sites (N-methyl/N-ethyl adjacent to an activating group) is 1. The lowest BCUT2D eigenvalue weighted by molar-refractivity contribution is -0.148. The number of aliphatic hydroxyl groups excluding tert-OH is 2. The zero-order chi connectivity index (χ0) is 27.7. The van der Waals surface area contributed by atoms with Gasteiger partial charge in [-0.3, -0.25) is 24.2 Å². The van der Waals surface area contributed by atoms with Gasteiger partial charge < -0.3 is 26.2 Å². The summed E-state index contributed by atoms with van der Waals surface area (Å²) in [5, 5.41) is 44.9. The van der Waals surface area contributed by atoms with E-state index in [-0.39, 0.29) is 29.7 Å². The van der Waals surface area contributed by atoms with Crippen LogP contribution in [0, 0.1) is 11.8 Å². The average Bonchev–Trinajstić information content (AvgIpc) is 2.84. The molecule has 0 saturated carbocycles. The molecule has 204 valence electrons. The number of piperidine rings is 1. The van der Waals surface area contributed by atoms with Crippen LogP contribution in [0.15, 0.2) is 34.8 Å². The second-order valence-corrected chi connectivity index (χ2v) is 11.0. The average molecular weight is 530 g/mol. The molecule has 1 heterocycles. The molecule has 3 aliphatic carbocycles. The number of fused-ring (bicyclic) bond motifs is 3. The number of hydrogen-bond donors (Lipinski definition) is 5. The first-order chi connectivity index (χ1) is 17.9. The third-order valence-electron chi connectivity index (χ3n) is 8.59. The van der Waals surface area contributed by atoms with Gasteiger partial charge in [0, 0.05) is 36.7 Å². The Morgan fingerprint density at radius 3 is 2.45 bits per heavy atom. The van der Waals surface area contributed by atoms with Gasteiger partial charge in [0.15, 0.2) is 11.4 Å². The number of alkyl halides is 1. The van der Waals surface area contributed by atoms with Gasteiger partial charge in [0.25, 0.3) is 5.91 Å². The van der Waals surface area contributed by atoms with E-state index < -0.39 is 64.2 Å². The van der Waals surface area contributed by atoms with Crippen LogP contribution in [0.1, 0.15) is 40.7 Å². The topological polar surface area (TPSA) is 165 Å². The van der Waals surface area contributed by atoms with E-state index >= 15 is 0 Å². The van der Waals surface area contributed by atoms with E-state index in [0.717, 1.165) is 0 Å². The van der Waals surface area contributed by atoms with Gasteiger partial charge in [0.2, 0.25) is 5.78 Å². The van der Waals surface area contributed by atoms with Crippen molar-refractivity contribution in [3.63, 3.8) is 0 Å². The van der Waals surface area contributed by atoms with Gasteiger partial charge in [-0.05, 0) is 51.3 Å². The van der Waals surface area contributed by atoms with E-state index in [2.05, 4.69) is 0 Å². The number of phenols is 1. The van der Waals surface area contributed by atoms with Crippen LogP contribution >= 0.6 is 0 Å². The van der Waals surface area contributed by atoms with Crippen molar-refractivity contribution in [3.05, 3.63) is 51.5 Å². The fourth-order valence-electron chi connectivity index (χ4n) is 6.70. The van der Waals surface area contributed by atoms with Crippen molar-refractivity contribution < 1.29 is 39.2 Å². The van der Waals surface area contributed by atoms with Crippen LogP contribution in [0.25, 0.3) is 0 Å². The molecule has 5 rings (SSSR count). The number of hydrogen-bond acceptors (Lipinski definition) is 9. The third kappa shape index (κ3) is 3.75. The smallest absolute Gasteiger partial charge is 0.255 e. The number of nitrogens with two attached hydrogens (primary N) is 1. The maximum Gasteiger partial charge on any atom is 0.255 e. The summed E-state index contributed by atoms with van der Waals surface area (Å²) in [5.74, 6) is -6.62. The number of carbonyl (C=O) groups is 3. The molecule has 4 aliphatic rings. The van der Waals surface area contributed by atoms with Crippen LogP contribution in [0.3, 0.4) is 0 Å².